The van der Waals surface area contributed by atoms with Crippen molar-refractivity contribution in [1.29, 1.82) is 0 Å². The van der Waals surface area contributed by atoms with Gasteiger partial charge in [0, 0.05) is 12.6 Å². The fraction of sp³-hybridized carbons (Fsp3) is 0.429. The van der Waals surface area contributed by atoms with E-state index >= 15 is 0 Å². The minimum absolute atomic E-state index is 0.0653. The molecule has 0 fully saturated rings. The lowest BCUT2D eigenvalue weighted by molar-refractivity contribution is 0.0988. The van der Waals surface area contributed by atoms with Crippen molar-refractivity contribution in [3.8, 4) is 0 Å². The lowest BCUT2D eigenvalue weighted by Crippen LogP contribution is -2.10. The Balaban J connectivity index is 2.36. The Bertz CT molecular complexity index is 653. The highest BCUT2D eigenvalue weighted by atomic mass is 79.9. The quantitative estimate of drug-likeness (QED) is 0.812. The Hall–Kier alpha value is -1.36. The molecule has 102 valence electrons. The Morgan fingerprint density at radius 1 is 1.26 bits per heavy atom. The summed E-state index contributed by atoms with van der Waals surface area (Å²) >= 11 is 3.49. The van der Waals surface area contributed by atoms with Gasteiger partial charge in [0.25, 0.3) is 0 Å². The first kappa shape index (κ1) is 14.1. The molecular formula is C14H17BrN2O2. The molecule has 0 N–H and O–H groups in total. The standard InChI is InChI=1S/C14H17BrN2O2/c1-7-9(3)19-10(4)13(7)12(18)6-11-14(15)8(2)16-17(11)5/h6H2,1-5H3. The highest BCUT2D eigenvalue weighted by molar-refractivity contribution is 9.10. The minimum atomic E-state index is 0.0653. The molecular weight excluding hydrogens is 308 g/mol. The highest BCUT2D eigenvalue weighted by Crippen LogP contribution is 2.25. The van der Waals surface area contributed by atoms with Gasteiger partial charge in [-0.15, -0.1) is 0 Å². The third kappa shape index (κ3) is 2.39. The molecule has 4 nitrogen and oxygen atoms in total. The van der Waals surface area contributed by atoms with E-state index in [9.17, 15) is 4.79 Å². The number of hydrogen-bond acceptors (Lipinski definition) is 3. The van der Waals surface area contributed by atoms with Crippen LogP contribution in [0.5, 0.6) is 0 Å². The predicted molar refractivity (Wildman–Crippen MR) is 76.6 cm³/mol. The number of nitrogens with zero attached hydrogens (tertiary/aromatic N) is 2. The number of rotatable bonds is 3. The van der Waals surface area contributed by atoms with Crippen molar-refractivity contribution < 1.29 is 9.21 Å². The van der Waals surface area contributed by atoms with Crippen molar-refractivity contribution in [2.24, 2.45) is 7.05 Å². The van der Waals surface area contributed by atoms with Crippen LogP contribution in [0.15, 0.2) is 8.89 Å². The van der Waals surface area contributed by atoms with E-state index in [2.05, 4.69) is 21.0 Å². The van der Waals surface area contributed by atoms with E-state index in [4.69, 9.17) is 4.42 Å². The van der Waals surface area contributed by atoms with Crippen LogP contribution in [0.25, 0.3) is 0 Å². The Kier molecular flexibility index (Phi) is 3.67. The topological polar surface area (TPSA) is 48.0 Å². The number of Topliss-reactive ketones (excluding diaryl/α,β-unsaturated/α-hetero) is 1. The smallest absolute Gasteiger partial charge is 0.172 e. The normalized spacial score (nSPS) is 11.1. The predicted octanol–water partition coefficient (Wildman–Crippen LogP) is 3.43. The van der Waals surface area contributed by atoms with E-state index in [-0.39, 0.29) is 5.78 Å². The fourth-order valence-corrected chi connectivity index (χ4v) is 2.79. The molecule has 0 aliphatic heterocycles. The summed E-state index contributed by atoms with van der Waals surface area (Å²) in [5.41, 5.74) is 3.41. The van der Waals surface area contributed by atoms with Crippen molar-refractivity contribution in [2.45, 2.75) is 34.1 Å². The SMILES string of the molecule is Cc1nn(C)c(CC(=O)c2c(C)oc(C)c2C)c1Br. The third-order valence-corrected chi connectivity index (χ3v) is 4.46. The maximum Gasteiger partial charge on any atom is 0.172 e. The molecule has 0 saturated heterocycles. The summed E-state index contributed by atoms with van der Waals surface area (Å²) in [5, 5.41) is 4.30. The molecule has 5 heteroatoms. The number of hydrogen-bond donors (Lipinski definition) is 0. The molecule has 0 atom stereocenters. The maximum atomic E-state index is 12.5. The van der Waals surface area contributed by atoms with Crippen LogP contribution in [0.3, 0.4) is 0 Å². The second kappa shape index (κ2) is 4.96. The summed E-state index contributed by atoms with van der Waals surface area (Å²) in [4.78, 5) is 12.5. The average Bonchev–Trinajstić information content (AvgIpc) is 2.70. The molecule has 0 bridgehead atoms. The molecule has 2 aromatic rings. The Labute approximate surface area is 120 Å². The monoisotopic (exact) mass is 324 g/mol. The number of furan rings is 1. The van der Waals surface area contributed by atoms with Gasteiger partial charge in [-0.1, -0.05) is 0 Å². The molecule has 0 unspecified atom stereocenters. The second-order valence-corrected chi connectivity index (χ2v) is 5.58. The van der Waals surface area contributed by atoms with Gasteiger partial charge in [0.15, 0.2) is 5.78 Å². The molecule has 0 aliphatic carbocycles. The largest absolute Gasteiger partial charge is 0.466 e. The van der Waals surface area contributed by atoms with Crippen molar-refractivity contribution in [3.05, 3.63) is 38.5 Å². The summed E-state index contributed by atoms with van der Waals surface area (Å²) < 4.78 is 8.16. The summed E-state index contributed by atoms with van der Waals surface area (Å²) in [6.07, 6.45) is 0.318. The van der Waals surface area contributed by atoms with Crippen molar-refractivity contribution >= 4 is 21.7 Å². The molecule has 0 saturated carbocycles. The van der Waals surface area contributed by atoms with E-state index < -0.39 is 0 Å². The van der Waals surface area contributed by atoms with Gasteiger partial charge in [-0.05, 0) is 43.6 Å². The second-order valence-electron chi connectivity index (χ2n) is 4.78. The van der Waals surface area contributed by atoms with Crippen LogP contribution in [0.2, 0.25) is 0 Å². The first-order chi connectivity index (χ1) is 8.82. The minimum Gasteiger partial charge on any atom is -0.466 e. The van der Waals surface area contributed by atoms with Crippen LogP contribution in [-0.2, 0) is 13.5 Å². The van der Waals surface area contributed by atoms with Crippen molar-refractivity contribution in [2.75, 3.05) is 0 Å². The van der Waals surface area contributed by atoms with Gasteiger partial charge in [-0.2, -0.15) is 5.10 Å². The number of aromatic nitrogens is 2. The Morgan fingerprint density at radius 2 is 1.89 bits per heavy atom. The van der Waals surface area contributed by atoms with E-state index in [1.54, 1.807) is 4.68 Å². The van der Waals surface area contributed by atoms with Crippen molar-refractivity contribution in [3.63, 3.8) is 0 Å². The molecule has 0 spiro atoms. The van der Waals surface area contributed by atoms with Crippen LogP contribution in [-0.4, -0.2) is 15.6 Å². The molecule has 2 heterocycles. The van der Waals surface area contributed by atoms with Gasteiger partial charge in [-0.25, -0.2) is 0 Å². The maximum absolute atomic E-state index is 12.5. The van der Waals surface area contributed by atoms with Gasteiger partial charge >= 0.3 is 0 Å². The molecule has 0 amide bonds. The van der Waals surface area contributed by atoms with Gasteiger partial charge in [0.05, 0.1) is 27.8 Å². The van der Waals surface area contributed by atoms with Gasteiger partial charge in [0.2, 0.25) is 0 Å². The lowest BCUT2D eigenvalue weighted by atomic mass is 10.0. The average molecular weight is 325 g/mol. The van der Waals surface area contributed by atoms with Gasteiger partial charge in [-0.3, -0.25) is 9.48 Å². The molecule has 19 heavy (non-hydrogen) atoms. The molecule has 0 aromatic carbocycles. The first-order valence-electron chi connectivity index (χ1n) is 6.10. The number of ketones is 1. The number of aryl methyl sites for hydroxylation is 4. The van der Waals surface area contributed by atoms with E-state index in [0.717, 1.165) is 27.2 Å². The molecule has 2 aromatic heterocycles. The summed E-state index contributed by atoms with van der Waals surface area (Å²) in [6.45, 7) is 7.54. The zero-order valence-corrected chi connectivity index (χ0v) is 13.4. The van der Waals surface area contributed by atoms with Crippen LogP contribution in [0.4, 0.5) is 0 Å². The number of carbonyl (C=O) groups excluding carboxylic acids is 1. The Morgan fingerprint density at radius 3 is 2.32 bits per heavy atom. The number of carbonyl (C=O) groups is 1. The van der Waals surface area contributed by atoms with Gasteiger partial charge < -0.3 is 4.42 Å². The molecule has 0 radical (unpaired) electrons. The van der Waals surface area contributed by atoms with Crippen LogP contribution in [0, 0.1) is 27.7 Å². The third-order valence-electron chi connectivity index (χ3n) is 3.43. The lowest BCUT2D eigenvalue weighted by Gasteiger charge is -2.03. The summed E-state index contributed by atoms with van der Waals surface area (Å²) in [7, 11) is 1.85. The fourth-order valence-electron chi connectivity index (χ4n) is 2.32. The van der Waals surface area contributed by atoms with E-state index in [1.165, 1.54) is 0 Å². The first-order valence-corrected chi connectivity index (χ1v) is 6.90. The zero-order valence-electron chi connectivity index (χ0n) is 11.8. The molecule has 2 rings (SSSR count). The van der Waals surface area contributed by atoms with Crippen LogP contribution in [0.1, 0.15) is 38.8 Å². The van der Waals surface area contributed by atoms with Crippen LogP contribution < -0.4 is 0 Å². The number of halogens is 1. The van der Waals surface area contributed by atoms with Crippen LogP contribution >= 0.6 is 15.9 Å². The van der Waals surface area contributed by atoms with E-state index in [0.29, 0.717) is 17.7 Å². The van der Waals surface area contributed by atoms with Crippen molar-refractivity contribution in [1.82, 2.24) is 9.78 Å². The zero-order chi connectivity index (χ0) is 14.3. The highest BCUT2D eigenvalue weighted by Gasteiger charge is 2.21. The summed E-state index contributed by atoms with van der Waals surface area (Å²) in [5.74, 6) is 1.56. The van der Waals surface area contributed by atoms with Gasteiger partial charge in [0.1, 0.15) is 11.5 Å². The summed E-state index contributed by atoms with van der Waals surface area (Å²) in [6, 6.07) is 0. The molecule has 0 aliphatic rings. The van der Waals surface area contributed by atoms with E-state index in [1.807, 2.05) is 34.7 Å².